The number of hydrogen-bond acceptors (Lipinski definition) is 2. The third-order valence-corrected chi connectivity index (χ3v) is 4.86. The van der Waals surface area contributed by atoms with Crippen molar-refractivity contribution in [2.45, 2.75) is 26.9 Å². The van der Waals surface area contributed by atoms with Crippen molar-refractivity contribution in [2.75, 3.05) is 13.1 Å². The Labute approximate surface area is 155 Å². The molecular formula is C23H26N2O. The van der Waals surface area contributed by atoms with Crippen molar-refractivity contribution in [3.05, 3.63) is 83.4 Å². The van der Waals surface area contributed by atoms with Crippen molar-refractivity contribution >= 4 is 16.7 Å². The highest BCUT2D eigenvalue weighted by molar-refractivity contribution is 5.98. The maximum atomic E-state index is 12.6. The fourth-order valence-electron chi connectivity index (χ4n) is 3.18. The Morgan fingerprint density at radius 1 is 0.846 bits per heavy atom. The van der Waals surface area contributed by atoms with Crippen LogP contribution in [0.2, 0.25) is 0 Å². The molecule has 0 bridgehead atoms. The number of hydrogen-bond donors (Lipinski definition) is 1. The van der Waals surface area contributed by atoms with Crippen molar-refractivity contribution in [3.8, 4) is 0 Å². The highest BCUT2D eigenvalue weighted by Gasteiger charge is 2.09. The van der Waals surface area contributed by atoms with E-state index < -0.39 is 0 Å². The van der Waals surface area contributed by atoms with Gasteiger partial charge in [0.15, 0.2) is 0 Å². The number of carbonyl (C=O) groups excluding carboxylic acids is 1. The second-order valence-corrected chi connectivity index (χ2v) is 6.47. The Morgan fingerprint density at radius 3 is 2.23 bits per heavy atom. The molecule has 0 spiro atoms. The lowest BCUT2D eigenvalue weighted by Crippen LogP contribution is -2.26. The van der Waals surface area contributed by atoms with Gasteiger partial charge in [-0.2, -0.15) is 0 Å². The number of rotatable bonds is 7. The summed E-state index contributed by atoms with van der Waals surface area (Å²) in [5, 5.41) is 5.30. The molecule has 3 rings (SSSR count). The summed E-state index contributed by atoms with van der Waals surface area (Å²) in [5.41, 5.74) is 3.15. The van der Waals surface area contributed by atoms with E-state index in [4.69, 9.17) is 0 Å². The molecule has 0 aliphatic heterocycles. The molecule has 0 radical (unpaired) electrons. The molecule has 26 heavy (non-hydrogen) atoms. The summed E-state index contributed by atoms with van der Waals surface area (Å²) in [6.45, 7) is 7.85. The molecule has 0 unspecified atom stereocenters. The molecule has 0 saturated heterocycles. The lowest BCUT2D eigenvalue weighted by atomic mass is 10.1. The van der Waals surface area contributed by atoms with Crippen molar-refractivity contribution in [1.82, 2.24) is 10.2 Å². The molecule has 1 amide bonds. The van der Waals surface area contributed by atoms with Gasteiger partial charge in [0, 0.05) is 18.7 Å². The molecule has 0 heterocycles. The second-order valence-electron chi connectivity index (χ2n) is 6.47. The number of amides is 1. The zero-order chi connectivity index (χ0) is 18.4. The van der Waals surface area contributed by atoms with Crippen LogP contribution in [-0.4, -0.2) is 23.9 Å². The van der Waals surface area contributed by atoms with E-state index in [9.17, 15) is 4.79 Å². The Hall–Kier alpha value is -2.65. The maximum absolute atomic E-state index is 12.6. The van der Waals surface area contributed by atoms with Crippen LogP contribution in [0.25, 0.3) is 10.8 Å². The molecule has 0 fully saturated rings. The van der Waals surface area contributed by atoms with Gasteiger partial charge in [-0.3, -0.25) is 9.69 Å². The first-order valence-electron chi connectivity index (χ1n) is 9.27. The van der Waals surface area contributed by atoms with Crippen LogP contribution in [0.15, 0.2) is 66.7 Å². The summed E-state index contributed by atoms with van der Waals surface area (Å²) in [6.07, 6.45) is 0. The van der Waals surface area contributed by atoms with Crippen molar-refractivity contribution in [2.24, 2.45) is 0 Å². The lowest BCUT2D eigenvalue weighted by molar-refractivity contribution is 0.0951. The van der Waals surface area contributed by atoms with Gasteiger partial charge in [-0.1, -0.05) is 68.4 Å². The third kappa shape index (κ3) is 4.30. The van der Waals surface area contributed by atoms with Gasteiger partial charge in [-0.15, -0.1) is 0 Å². The summed E-state index contributed by atoms with van der Waals surface area (Å²) in [5.74, 6) is -0.0339. The first-order valence-corrected chi connectivity index (χ1v) is 9.27. The van der Waals surface area contributed by atoms with E-state index >= 15 is 0 Å². The van der Waals surface area contributed by atoms with Crippen LogP contribution >= 0.6 is 0 Å². The van der Waals surface area contributed by atoms with Gasteiger partial charge in [0.05, 0.1) is 0 Å². The van der Waals surface area contributed by atoms with Crippen molar-refractivity contribution in [1.29, 1.82) is 0 Å². The van der Waals surface area contributed by atoms with E-state index in [1.54, 1.807) is 0 Å². The average molecular weight is 346 g/mol. The van der Waals surface area contributed by atoms with Gasteiger partial charge in [-0.05, 0) is 47.1 Å². The van der Waals surface area contributed by atoms with E-state index in [-0.39, 0.29) is 5.91 Å². The van der Waals surface area contributed by atoms with Crippen LogP contribution in [0.1, 0.15) is 35.3 Å². The van der Waals surface area contributed by atoms with Gasteiger partial charge in [0.2, 0.25) is 0 Å². The molecule has 0 atom stereocenters. The van der Waals surface area contributed by atoms with E-state index in [0.29, 0.717) is 12.1 Å². The van der Waals surface area contributed by atoms with Gasteiger partial charge < -0.3 is 5.32 Å². The summed E-state index contributed by atoms with van der Waals surface area (Å²) >= 11 is 0. The van der Waals surface area contributed by atoms with Crippen LogP contribution in [0, 0.1) is 0 Å². The van der Waals surface area contributed by atoms with Gasteiger partial charge >= 0.3 is 0 Å². The smallest absolute Gasteiger partial charge is 0.251 e. The van der Waals surface area contributed by atoms with E-state index in [2.05, 4.69) is 48.3 Å². The van der Waals surface area contributed by atoms with Gasteiger partial charge in [-0.25, -0.2) is 0 Å². The molecule has 1 N–H and O–H groups in total. The standard InChI is InChI=1S/C23H26N2O/c1-3-25(4-2)17-22-12-8-7-11-21(22)16-24-23(26)20-14-13-18-9-5-6-10-19(18)15-20/h5-15H,3-4,16-17H2,1-2H3,(H,24,26). The first-order chi connectivity index (χ1) is 12.7. The number of nitrogens with one attached hydrogen (secondary N) is 1. The predicted octanol–water partition coefficient (Wildman–Crippen LogP) is 4.61. The molecule has 3 aromatic rings. The van der Waals surface area contributed by atoms with Gasteiger partial charge in [0.1, 0.15) is 0 Å². The quantitative estimate of drug-likeness (QED) is 0.677. The molecule has 134 valence electrons. The minimum atomic E-state index is -0.0339. The maximum Gasteiger partial charge on any atom is 0.251 e. The highest BCUT2D eigenvalue weighted by Crippen LogP contribution is 2.16. The number of nitrogens with zero attached hydrogens (tertiary/aromatic N) is 1. The zero-order valence-corrected chi connectivity index (χ0v) is 15.5. The van der Waals surface area contributed by atoms with Crippen LogP contribution in [0.5, 0.6) is 0 Å². The van der Waals surface area contributed by atoms with Gasteiger partial charge in [0.25, 0.3) is 5.91 Å². The molecule has 3 aromatic carbocycles. The molecular weight excluding hydrogens is 320 g/mol. The minimum Gasteiger partial charge on any atom is -0.348 e. The second kappa shape index (κ2) is 8.63. The van der Waals surface area contributed by atoms with E-state index in [1.807, 2.05) is 42.5 Å². The Balaban J connectivity index is 1.71. The van der Waals surface area contributed by atoms with E-state index in [1.165, 1.54) is 11.1 Å². The molecule has 3 nitrogen and oxygen atoms in total. The van der Waals surface area contributed by atoms with Crippen LogP contribution in [0.3, 0.4) is 0 Å². The number of carbonyl (C=O) groups is 1. The molecule has 0 saturated carbocycles. The summed E-state index contributed by atoms with van der Waals surface area (Å²) in [7, 11) is 0. The van der Waals surface area contributed by atoms with Crippen LogP contribution in [-0.2, 0) is 13.1 Å². The first kappa shape index (κ1) is 18.2. The SMILES string of the molecule is CCN(CC)Cc1ccccc1CNC(=O)c1ccc2ccccc2c1. The normalized spacial score (nSPS) is 11.0. The van der Waals surface area contributed by atoms with Crippen molar-refractivity contribution in [3.63, 3.8) is 0 Å². The molecule has 0 aliphatic rings. The van der Waals surface area contributed by atoms with Crippen LogP contribution in [0.4, 0.5) is 0 Å². The fraction of sp³-hybridized carbons (Fsp3) is 0.261. The average Bonchev–Trinajstić information content (AvgIpc) is 2.70. The number of fused-ring (bicyclic) bond motifs is 1. The predicted molar refractivity (Wildman–Crippen MR) is 108 cm³/mol. The van der Waals surface area contributed by atoms with Crippen molar-refractivity contribution < 1.29 is 4.79 Å². The monoisotopic (exact) mass is 346 g/mol. The number of benzene rings is 3. The Bertz CT molecular complexity index is 884. The van der Waals surface area contributed by atoms with E-state index in [0.717, 1.165) is 30.4 Å². The summed E-state index contributed by atoms with van der Waals surface area (Å²) in [6, 6.07) is 22.3. The lowest BCUT2D eigenvalue weighted by Gasteiger charge is -2.20. The Morgan fingerprint density at radius 2 is 1.50 bits per heavy atom. The van der Waals surface area contributed by atoms with Crippen LogP contribution < -0.4 is 5.32 Å². The fourth-order valence-corrected chi connectivity index (χ4v) is 3.18. The summed E-state index contributed by atoms with van der Waals surface area (Å²) < 4.78 is 0. The summed E-state index contributed by atoms with van der Waals surface area (Å²) in [4.78, 5) is 15.0. The zero-order valence-electron chi connectivity index (χ0n) is 15.5. The minimum absolute atomic E-state index is 0.0339. The topological polar surface area (TPSA) is 32.3 Å². The Kier molecular flexibility index (Phi) is 6.03. The molecule has 0 aliphatic carbocycles. The largest absolute Gasteiger partial charge is 0.348 e. The molecule has 0 aromatic heterocycles. The third-order valence-electron chi connectivity index (χ3n) is 4.86. The molecule has 3 heteroatoms. The highest BCUT2D eigenvalue weighted by atomic mass is 16.1.